The Morgan fingerprint density at radius 1 is 1.39 bits per heavy atom. The van der Waals surface area contributed by atoms with Gasteiger partial charge in [0.2, 0.25) is 0 Å². The Hall–Kier alpha value is -1.81. The number of rotatable bonds is 4. The largest absolute Gasteiger partial charge is 0.481 e. The first-order valence-corrected chi connectivity index (χ1v) is 6.21. The molecule has 2 N–H and O–H groups in total. The molecule has 0 bridgehead atoms. The van der Waals surface area contributed by atoms with E-state index in [9.17, 15) is 4.79 Å². The third-order valence-electron chi connectivity index (χ3n) is 3.56. The molecule has 2 heterocycles. The Morgan fingerprint density at radius 2 is 2.17 bits per heavy atom. The van der Waals surface area contributed by atoms with Crippen LogP contribution in [-0.2, 0) is 11.3 Å². The van der Waals surface area contributed by atoms with E-state index in [4.69, 9.17) is 5.11 Å². The maximum Gasteiger partial charge on any atom is 0.303 e. The summed E-state index contributed by atoms with van der Waals surface area (Å²) in [5.41, 5.74) is 2.45. The topological polar surface area (TPSA) is 56.3 Å². The van der Waals surface area contributed by atoms with Crippen LogP contribution < -0.4 is 0 Å². The molecule has 0 radical (unpaired) electrons. The van der Waals surface area contributed by atoms with Crippen LogP contribution in [0.3, 0.4) is 0 Å². The van der Waals surface area contributed by atoms with Crippen molar-refractivity contribution in [1.29, 1.82) is 0 Å². The predicted octanol–water partition coefficient (Wildman–Crippen LogP) is 2.07. The molecule has 3 rings (SSSR count). The summed E-state index contributed by atoms with van der Waals surface area (Å²) in [5, 5.41) is 9.97. The number of hydrogen-bond acceptors (Lipinski definition) is 2. The Morgan fingerprint density at radius 3 is 2.94 bits per heavy atom. The number of nitrogens with one attached hydrogen (secondary N) is 1. The first-order chi connectivity index (χ1) is 8.72. The molecule has 0 atom stereocenters. The van der Waals surface area contributed by atoms with E-state index in [0.29, 0.717) is 12.3 Å². The molecule has 0 unspecified atom stereocenters. The summed E-state index contributed by atoms with van der Waals surface area (Å²) in [4.78, 5) is 16.1. The van der Waals surface area contributed by atoms with Gasteiger partial charge < -0.3 is 10.1 Å². The molecule has 4 nitrogen and oxygen atoms in total. The lowest BCUT2D eigenvalue weighted by atomic mass is 9.96. The van der Waals surface area contributed by atoms with Gasteiger partial charge in [-0.05, 0) is 17.5 Å². The van der Waals surface area contributed by atoms with Gasteiger partial charge in [0.05, 0.1) is 6.42 Å². The first kappa shape index (κ1) is 11.3. The van der Waals surface area contributed by atoms with E-state index in [1.54, 1.807) is 0 Å². The molecule has 1 fully saturated rings. The van der Waals surface area contributed by atoms with E-state index < -0.39 is 5.97 Å². The number of carbonyl (C=O) groups is 1. The van der Waals surface area contributed by atoms with Gasteiger partial charge in [-0.25, -0.2) is 0 Å². The Labute approximate surface area is 105 Å². The van der Waals surface area contributed by atoms with E-state index in [-0.39, 0.29) is 0 Å². The number of carboxylic acid groups (broad SMARTS) is 1. The van der Waals surface area contributed by atoms with Crippen molar-refractivity contribution in [3.05, 3.63) is 36.0 Å². The normalized spacial score (nSPS) is 16.9. The van der Waals surface area contributed by atoms with E-state index in [0.717, 1.165) is 25.2 Å². The number of likely N-dealkylation sites (tertiary alicyclic amines) is 1. The van der Waals surface area contributed by atoms with Gasteiger partial charge in [-0.1, -0.05) is 18.2 Å². The number of fused-ring (bicyclic) bond motifs is 1. The molecule has 1 aliphatic rings. The van der Waals surface area contributed by atoms with Crippen LogP contribution in [0.15, 0.2) is 30.5 Å². The SMILES string of the molecule is O=C(O)CC1CN(Cc2c[nH]c3ccccc23)C1. The van der Waals surface area contributed by atoms with Crippen molar-refractivity contribution < 1.29 is 9.90 Å². The summed E-state index contributed by atoms with van der Waals surface area (Å²) in [6, 6.07) is 8.26. The van der Waals surface area contributed by atoms with E-state index in [2.05, 4.69) is 28.2 Å². The fraction of sp³-hybridized carbons (Fsp3) is 0.357. The van der Waals surface area contributed by atoms with Gasteiger partial charge in [0.25, 0.3) is 0 Å². The number of hydrogen-bond donors (Lipinski definition) is 2. The monoisotopic (exact) mass is 244 g/mol. The van der Waals surface area contributed by atoms with E-state index >= 15 is 0 Å². The minimum atomic E-state index is -0.688. The maximum atomic E-state index is 10.6. The molecule has 0 aliphatic carbocycles. The van der Waals surface area contributed by atoms with Gasteiger partial charge in [0.1, 0.15) is 0 Å². The van der Waals surface area contributed by atoms with Crippen LogP contribution in [0.25, 0.3) is 10.9 Å². The maximum absolute atomic E-state index is 10.6. The number of benzene rings is 1. The zero-order valence-corrected chi connectivity index (χ0v) is 10.1. The molecule has 2 aromatic rings. The summed E-state index contributed by atoms with van der Waals surface area (Å²) >= 11 is 0. The highest BCUT2D eigenvalue weighted by Crippen LogP contribution is 2.25. The van der Waals surface area contributed by atoms with E-state index in [1.165, 1.54) is 10.9 Å². The molecule has 0 amide bonds. The van der Waals surface area contributed by atoms with Gasteiger partial charge in [-0.15, -0.1) is 0 Å². The predicted molar refractivity (Wildman–Crippen MR) is 69.3 cm³/mol. The van der Waals surface area contributed by atoms with E-state index in [1.807, 2.05) is 12.1 Å². The molecule has 94 valence electrons. The Balaban J connectivity index is 1.63. The fourth-order valence-corrected chi connectivity index (χ4v) is 2.69. The Bertz CT molecular complexity index is 570. The number of nitrogens with zero attached hydrogens (tertiary/aromatic N) is 1. The number of para-hydroxylation sites is 1. The third kappa shape index (κ3) is 2.11. The minimum Gasteiger partial charge on any atom is -0.481 e. The minimum absolute atomic E-state index is 0.296. The summed E-state index contributed by atoms with van der Waals surface area (Å²) in [6.45, 7) is 2.69. The number of carboxylic acids is 1. The van der Waals surface area contributed by atoms with Crippen molar-refractivity contribution in [3.63, 3.8) is 0 Å². The number of aromatic amines is 1. The second-order valence-electron chi connectivity index (χ2n) is 5.02. The lowest BCUT2D eigenvalue weighted by Crippen LogP contribution is -2.46. The molecule has 0 saturated carbocycles. The molecule has 0 spiro atoms. The second kappa shape index (κ2) is 4.46. The molecule has 1 saturated heterocycles. The zero-order valence-electron chi connectivity index (χ0n) is 10.1. The van der Waals surface area contributed by atoms with Gasteiger partial charge in [-0.2, -0.15) is 0 Å². The van der Waals surface area contributed by atoms with Crippen LogP contribution in [0.2, 0.25) is 0 Å². The number of H-pyrrole nitrogens is 1. The summed E-state index contributed by atoms with van der Waals surface area (Å²) in [5.74, 6) is -0.362. The van der Waals surface area contributed by atoms with Crippen molar-refractivity contribution in [2.75, 3.05) is 13.1 Å². The average Bonchev–Trinajstić information content (AvgIpc) is 2.69. The van der Waals surface area contributed by atoms with Crippen molar-refractivity contribution >= 4 is 16.9 Å². The smallest absolute Gasteiger partial charge is 0.303 e. The zero-order chi connectivity index (χ0) is 12.5. The van der Waals surface area contributed by atoms with Crippen molar-refractivity contribution in [2.45, 2.75) is 13.0 Å². The molecule has 1 aromatic carbocycles. The van der Waals surface area contributed by atoms with Crippen molar-refractivity contribution in [1.82, 2.24) is 9.88 Å². The highest BCUT2D eigenvalue weighted by molar-refractivity contribution is 5.82. The number of aliphatic carboxylic acids is 1. The fourth-order valence-electron chi connectivity index (χ4n) is 2.69. The van der Waals surface area contributed by atoms with Crippen LogP contribution in [0.4, 0.5) is 0 Å². The second-order valence-corrected chi connectivity index (χ2v) is 5.02. The highest BCUT2D eigenvalue weighted by atomic mass is 16.4. The lowest BCUT2D eigenvalue weighted by Gasteiger charge is -2.38. The molecular weight excluding hydrogens is 228 g/mol. The molecule has 18 heavy (non-hydrogen) atoms. The molecule has 1 aromatic heterocycles. The average molecular weight is 244 g/mol. The lowest BCUT2D eigenvalue weighted by molar-refractivity contribution is -0.139. The van der Waals surface area contributed by atoms with Gasteiger partial charge in [-0.3, -0.25) is 9.69 Å². The van der Waals surface area contributed by atoms with Gasteiger partial charge >= 0.3 is 5.97 Å². The molecule has 4 heteroatoms. The first-order valence-electron chi connectivity index (χ1n) is 6.21. The molecular formula is C14H16N2O2. The molecule has 1 aliphatic heterocycles. The summed E-state index contributed by atoms with van der Waals surface area (Å²) < 4.78 is 0. The van der Waals surface area contributed by atoms with Gasteiger partial charge in [0.15, 0.2) is 0 Å². The van der Waals surface area contributed by atoms with Crippen LogP contribution in [0.5, 0.6) is 0 Å². The Kier molecular flexibility index (Phi) is 2.80. The van der Waals surface area contributed by atoms with Gasteiger partial charge in [0, 0.05) is 36.7 Å². The summed E-state index contributed by atoms with van der Waals surface area (Å²) in [6.07, 6.45) is 2.35. The standard InChI is InChI=1S/C14H16N2O2/c17-14(18)5-10-7-16(8-10)9-11-6-15-13-4-2-1-3-12(11)13/h1-4,6,10,15H,5,7-9H2,(H,17,18). The number of aromatic nitrogens is 1. The van der Waals surface area contributed by atoms with Crippen LogP contribution >= 0.6 is 0 Å². The summed E-state index contributed by atoms with van der Waals surface area (Å²) in [7, 11) is 0. The van der Waals surface area contributed by atoms with Crippen molar-refractivity contribution in [2.24, 2.45) is 5.92 Å². The highest BCUT2D eigenvalue weighted by Gasteiger charge is 2.28. The quantitative estimate of drug-likeness (QED) is 0.865. The van der Waals surface area contributed by atoms with Crippen LogP contribution in [0.1, 0.15) is 12.0 Å². The third-order valence-corrected chi connectivity index (χ3v) is 3.56. The van der Waals surface area contributed by atoms with Crippen LogP contribution in [0, 0.1) is 5.92 Å². The van der Waals surface area contributed by atoms with Crippen LogP contribution in [-0.4, -0.2) is 34.0 Å². The van der Waals surface area contributed by atoms with Crippen molar-refractivity contribution in [3.8, 4) is 0 Å².